The summed E-state index contributed by atoms with van der Waals surface area (Å²) >= 11 is 0. The number of halogens is 2. The van der Waals surface area contributed by atoms with Crippen molar-refractivity contribution < 1.29 is 13.6 Å². The van der Waals surface area contributed by atoms with Gasteiger partial charge in [-0.2, -0.15) is 4.99 Å². The van der Waals surface area contributed by atoms with Gasteiger partial charge in [0.15, 0.2) is 5.96 Å². The van der Waals surface area contributed by atoms with E-state index in [1.54, 1.807) is 26.0 Å². The molecule has 3 aromatic rings. The first-order valence-corrected chi connectivity index (χ1v) is 7.78. The number of aliphatic imine (C=N–C) groups is 1. The highest BCUT2D eigenvalue weighted by molar-refractivity contribution is 6.06. The van der Waals surface area contributed by atoms with Crippen LogP contribution in [0.2, 0.25) is 0 Å². The lowest BCUT2D eigenvalue weighted by atomic mass is 9.95. The van der Waals surface area contributed by atoms with Crippen molar-refractivity contribution in [3.8, 4) is 11.1 Å². The number of nitrogens with two attached hydrogens (primary N) is 2. The summed E-state index contributed by atoms with van der Waals surface area (Å²) in [4.78, 5) is 20.1. The number of carbonyl (C=O) groups excluding carboxylic acids is 1. The maximum absolute atomic E-state index is 14.3. The molecule has 0 saturated carbocycles. The molecule has 0 fully saturated rings. The zero-order valence-corrected chi connectivity index (χ0v) is 14.2. The monoisotopic (exact) mass is 354 g/mol. The molecule has 0 bridgehead atoms. The third-order valence-corrected chi connectivity index (χ3v) is 3.94. The molecular formula is C19H16F2N4O. The fraction of sp³-hybridized carbons (Fsp3) is 0.105. The summed E-state index contributed by atoms with van der Waals surface area (Å²) in [5.74, 6) is -2.41. The average Bonchev–Trinajstić information content (AvgIpc) is 2.54. The zero-order chi connectivity index (χ0) is 19.0. The van der Waals surface area contributed by atoms with E-state index in [1.807, 2.05) is 0 Å². The van der Waals surface area contributed by atoms with Gasteiger partial charge >= 0.3 is 0 Å². The summed E-state index contributed by atoms with van der Waals surface area (Å²) in [5.41, 5.74) is 12.7. The van der Waals surface area contributed by atoms with Gasteiger partial charge in [0.1, 0.15) is 11.6 Å². The van der Waals surface area contributed by atoms with Gasteiger partial charge in [0, 0.05) is 16.6 Å². The SMILES string of the molecule is Cc1cc(-c2c(F)cccc2F)c2cc(C(=O)N=C(N)N)cc(C)c2n1. The number of rotatable bonds is 2. The van der Waals surface area contributed by atoms with Crippen molar-refractivity contribution in [2.24, 2.45) is 16.5 Å². The van der Waals surface area contributed by atoms with Gasteiger partial charge < -0.3 is 11.5 Å². The van der Waals surface area contributed by atoms with E-state index in [-0.39, 0.29) is 17.1 Å². The second-order valence-corrected chi connectivity index (χ2v) is 5.94. The second kappa shape index (κ2) is 6.51. The van der Waals surface area contributed by atoms with E-state index in [9.17, 15) is 13.6 Å². The zero-order valence-electron chi connectivity index (χ0n) is 14.2. The number of hydrogen-bond acceptors (Lipinski definition) is 2. The van der Waals surface area contributed by atoms with Crippen LogP contribution in [0, 0.1) is 25.5 Å². The normalized spacial score (nSPS) is 10.8. The van der Waals surface area contributed by atoms with Gasteiger partial charge in [-0.05, 0) is 55.3 Å². The fourth-order valence-electron chi connectivity index (χ4n) is 2.90. The van der Waals surface area contributed by atoms with Crippen molar-refractivity contribution in [1.82, 2.24) is 4.98 Å². The summed E-state index contributed by atoms with van der Waals surface area (Å²) < 4.78 is 28.7. The largest absolute Gasteiger partial charge is 0.370 e. The standard InChI is InChI=1S/C19H16F2N4O/c1-9-6-11(18(26)25-19(22)23)8-13-12(7-10(2)24-17(9)13)16-14(20)4-3-5-15(16)21/h3-8H,1-2H3,(H4,22,23,25,26). The number of guanidine groups is 1. The van der Waals surface area contributed by atoms with Crippen LogP contribution in [0.4, 0.5) is 8.78 Å². The van der Waals surface area contributed by atoms with E-state index in [1.165, 1.54) is 24.3 Å². The first kappa shape index (κ1) is 17.5. The first-order chi connectivity index (χ1) is 12.3. The summed E-state index contributed by atoms with van der Waals surface area (Å²) in [6, 6.07) is 8.32. The maximum Gasteiger partial charge on any atom is 0.280 e. The van der Waals surface area contributed by atoms with Crippen LogP contribution in [0.3, 0.4) is 0 Å². The van der Waals surface area contributed by atoms with Crippen LogP contribution in [0.5, 0.6) is 0 Å². The fourth-order valence-corrected chi connectivity index (χ4v) is 2.90. The first-order valence-electron chi connectivity index (χ1n) is 7.78. The Balaban J connectivity index is 2.38. The van der Waals surface area contributed by atoms with E-state index in [0.717, 1.165) is 0 Å². The molecule has 0 spiro atoms. The Morgan fingerprint density at radius 2 is 1.73 bits per heavy atom. The number of carbonyl (C=O) groups is 1. The van der Waals surface area contributed by atoms with Gasteiger partial charge in [0.2, 0.25) is 0 Å². The molecule has 132 valence electrons. The van der Waals surface area contributed by atoms with Crippen LogP contribution in [-0.4, -0.2) is 16.9 Å². The minimum absolute atomic E-state index is 0.172. The third-order valence-electron chi connectivity index (χ3n) is 3.94. The molecule has 1 aromatic heterocycles. The second-order valence-electron chi connectivity index (χ2n) is 5.94. The molecule has 1 heterocycles. The number of amides is 1. The molecule has 0 aliphatic rings. The topological polar surface area (TPSA) is 94.4 Å². The molecule has 0 atom stereocenters. The molecule has 0 radical (unpaired) electrons. The maximum atomic E-state index is 14.3. The number of hydrogen-bond donors (Lipinski definition) is 2. The number of fused-ring (bicyclic) bond motifs is 1. The molecule has 2 aromatic carbocycles. The molecule has 3 rings (SSSR count). The molecule has 0 unspecified atom stereocenters. The number of aromatic nitrogens is 1. The van der Waals surface area contributed by atoms with Crippen molar-refractivity contribution in [3.63, 3.8) is 0 Å². The van der Waals surface area contributed by atoms with E-state index in [2.05, 4.69) is 9.98 Å². The van der Waals surface area contributed by atoms with Crippen molar-refractivity contribution in [3.05, 3.63) is 64.9 Å². The summed E-state index contributed by atoms with van der Waals surface area (Å²) in [6.45, 7) is 3.49. The molecule has 0 aliphatic heterocycles. The van der Waals surface area contributed by atoms with E-state index >= 15 is 0 Å². The van der Waals surface area contributed by atoms with Crippen LogP contribution in [0.15, 0.2) is 41.4 Å². The van der Waals surface area contributed by atoms with Crippen LogP contribution in [0.1, 0.15) is 21.6 Å². The van der Waals surface area contributed by atoms with E-state index in [4.69, 9.17) is 11.5 Å². The molecule has 0 saturated heterocycles. The molecule has 7 heteroatoms. The van der Waals surface area contributed by atoms with Crippen LogP contribution < -0.4 is 11.5 Å². The van der Waals surface area contributed by atoms with Gasteiger partial charge in [-0.25, -0.2) is 8.78 Å². The smallest absolute Gasteiger partial charge is 0.280 e. The molecule has 4 N–H and O–H groups in total. The number of benzene rings is 2. The Kier molecular flexibility index (Phi) is 4.38. The Morgan fingerprint density at radius 1 is 1.08 bits per heavy atom. The Morgan fingerprint density at radius 3 is 2.35 bits per heavy atom. The quantitative estimate of drug-likeness (QED) is 0.546. The summed E-state index contributed by atoms with van der Waals surface area (Å²) in [6.07, 6.45) is 0. The van der Waals surface area contributed by atoms with Gasteiger partial charge in [-0.1, -0.05) is 6.07 Å². The Hall–Kier alpha value is -3.35. The molecule has 1 amide bonds. The minimum atomic E-state index is -0.699. The van der Waals surface area contributed by atoms with Crippen LogP contribution >= 0.6 is 0 Å². The van der Waals surface area contributed by atoms with Gasteiger partial charge in [-0.3, -0.25) is 9.78 Å². The van der Waals surface area contributed by atoms with Crippen molar-refractivity contribution >= 4 is 22.8 Å². The number of aryl methyl sites for hydroxylation is 2. The van der Waals surface area contributed by atoms with Crippen molar-refractivity contribution in [2.45, 2.75) is 13.8 Å². The highest BCUT2D eigenvalue weighted by atomic mass is 19.1. The van der Waals surface area contributed by atoms with E-state index in [0.29, 0.717) is 27.7 Å². The summed E-state index contributed by atoms with van der Waals surface area (Å²) in [5, 5.41) is 0.439. The predicted molar refractivity (Wildman–Crippen MR) is 96.7 cm³/mol. The van der Waals surface area contributed by atoms with E-state index < -0.39 is 17.5 Å². The number of nitrogens with zero attached hydrogens (tertiary/aromatic N) is 2. The highest BCUT2D eigenvalue weighted by Crippen LogP contribution is 2.34. The highest BCUT2D eigenvalue weighted by Gasteiger charge is 2.18. The average molecular weight is 354 g/mol. The van der Waals surface area contributed by atoms with Crippen molar-refractivity contribution in [2.75, 3.05) is 0 Å². The lowest BCUT2D eigenvalue weighted by molar-refractivity contribution is 0.100. The van der Waals surface area contributed by atoms with Gasteiger partial charge in [-0.15, -0.1) is 0 Å². The van der Waals surface area contributed by atoms with Crippen LogP contribution in [0.25, 0.3) is 22.0 Å². The Labute approximate surface area is 148 Å². The lowest BCUT2D eigenvalue weighted by Crippen LogP contribution is -2.24. The third kappa shape index (κ3) is 3.11. The predicted octanol–water partition coefficient (Wildman–Crippen LogP) is 3.21. The van der Waals surface area contributed by atoms with Gasteiger partial charge in [0.25, 0.3) is 5.91 Å². The molecule has 0 aliphatic carbocycles. The van der Waals surface area contributed by atoms with Crippen LogP contribution in [-0.2, 0) is 0 Å². The number of pyridine rings is 1. The Bertz CT molecular complexity index is 1050. The van der Waals surface area contributed by atoms with Crippen molar-refractivity contribution in [1.29, 1.82) is 0 Å². The lowest BCUT2D eigenvalue weighted by Gasteiger charge is -2.13. The minimum Gasteiger partial charge on any atom is -0.370 e. The molecule has 26 heavy (non-hydrogen) atoms. The molecule has 5 nitrogen and oxygen atoms in total. The summed E-state index contributed by atoms with van der Waals surface area (Å²) in [7, 11) is 0. The molecular weight excluding hydrogens is 338 g/mol. The van der Waals surface area contributed by atoms with Gasteiger partial charge in [0.05, 0.1) is 11.1 Å².